The number of hydrogen-bond acceptors (Lipinski definition) is 5. The number of anilines is 1. The van der Waals surface area contributed by atoms with Crippen LogP contribution in [-0.2, 0) is 27.2 Å². The lowest BCUT2D eigenvalue weighted by Crippen LogP contribution is -2.33. The lowest BCUT2D eigenvalue weighted by molar-refractivity contribution is -0.664. The van der Waals surface area contributed by atoms with Gasteiger partial charge in [-0.25, -0.2) is 8.42 Å². The average Bonchev–Trinajstić information content (AvgIpc) is 3.27. The summed E-state index contributed by atoms with van der Waals surface area (Å²) < 4.78 is 34.3. The van der Waals surface area contributed by atoms with E-state index in [0.29, 0.717) is 5.56 Å². The van der Waals surface area contributed by atoms with Gasteiger partial charge in [0.2, 0.25) is 11.4 Å². The Morgan fingerprint density at radius 1 is 0.921 bits per heavy atom. The summed E-state index contributed by atoms with van der Waals surface area (Å²) in [7, 11) is -4.13. The summed E-state index contributed by atoms with van der Waals surface area (Å²) in [6.45, 7) is 4.62. The van der Waals surface area contributed by atoms with Crippen molar-refractivity contribution >= 4 is 60.1 Å². The van der Waals surface area contributed by atoms with Crippen LogP contribution in [0.25, 0.3) is 27.1 Å². The number of nitrogens with zero attached hydrogens (tertiary/aromatic N) is 2. The van der Waals surface area contributed by atoms with Crippen molar-refractivity contribution in [3.63, 3.8) is 0 Å². The quantitative estimate of drug-likeness (QED) is 0.191. The van der Waals surface area contributed by atoms with Gasteiger partial charge in [-0.2, -0.15) is 4.57 Å². The number of fused-ring (bicyclic) bond motifs is 3. The van der Waals surface area contributed by atoms with Crippen LogP contribution in [0.2, 0.25) is 0 Å². The Bertz CT molecular complexity index is 1680. The Balaban J connectivity index is 0.000000257. The van der Waals surface area contributed by atoms with E-state index in [1.165, 1.54) is 21.0 Å². The van der Waals surface area contributed by atoms with E-state index in [1.54, 1.807) is 53.5 Å². The molecule has 0 aliphatic heterocycles. The van der Waals surface area contributed by atoms with Crippen LogP contribution in [-0.4, -0.2) is 18.9 Å². The van der Waals surface area contributed by atoms with E-state index in [0.717, 1.165) is 17.2 Å². The molecule has 194 valence electrons. The van der Waals surface area contributed by atoms with Crippen molar-refractivity contribution in [2.45, 2.75) is 26.1 Å². The van der Waals surface area contributed by atoms with Gasteiger partial charge in [0.1, 0.15) is 11.2 Å². The van der Waals surface area contributed by atoms with Gasteiger partial charge in [-0.15, -0.1) is 0 Å². The second-order valence-corrected chi connectivity index (χ2v) is 11.0. The van der Waals surface area contributed by atoms with Crippen molar-refractivity contribution in [2.24, 2.45) is 0 Å². The van der Waals surface area contributed by atoms with Crippen LogP contribution < -0.4 is 9.47 Å². The largest absolute Gasteiger partial charge is 0.748 e. The maximum absolute atomic E-state index is 12.1. The highest BCUT2D eigenvalue weighted by Crippen LogP contribution is 2.29. The predicted octanol–water partition coefficient (Wildman–Crippen LogP) is 6.12. The van der Waals surface area contributed by atoms with E-state index >= 15 is 0 Å². The summed E-state index contributed by atoms with van der Waals surface area (Å²) in [5.41, 5.74) is 2.66. The first-order valence-corrected chi connectivity index (χ1v) is 14.5. The van der Waals surface area contributed by atoms with Crippen LogP contribution in [0.15, 0.2) is 103 Å². The third-order valence-corrected chi connectivity index (χ3v) is 7.66. The smallest absolute Gasteiger partial charge is 0.264 e. The fourth-order valence-electron chi connectivity index (χ4n) is 4.19. The number of carbonyl (C=O) groups is 1. The standard InChI is InChI=1S/C23H21N2OS.C7H8O3S/c1-3-24-22(15-16-25(17(2)26)19-10-5-4-6-11-19)27-21-14-13-18-9-7-8-12-20(18)23(21)24;8-11(9,10)6-7-4-2-1-3-5-7/h4-16H,3H2,1-2H3;1-5H,6H2,(H,8,9,10)/q+1;/p-1. The molecule has 0 spiro atoms. The van der Waals surface area contributed by atoms with Gasteiger partial charge < -0.3 is 4.55 Å². The molecule has 4 aromatic carbocycles. The highest BCUT2D eigenvalue weighted by atomic mass is 32.2. The maximum Gasteiger partial charge on any atom is 0.264 e. The average molecular weight is 545 g/mol. The maximum atomic E-state index is 12.1. The number of benzene rings is 4. The lowest BCUT2D eigenvalue weighted by atomic mass is 10.1. The van der Waals surface area contributed by atoms with Crippen LogP contribution in [0.4, 0.5) is 5.69 Å². The first-order chi connectivity index (χ1) is 18.3. The summed E-state index contributed by atoms with van der Waals surface area (Å²) in [4.78, 5) is 13.8. The molecular weight excluding hydrogens is 516 g/mol. The first-order valence-electron chi connectivity index (χ1n) is 12.1. The Hall–Kier alpha value is -3.85. The summed E-state index contributed by atoms with van der Waals surface area (Å²) >= 11 is 1.75. The van der Waals surface area contributed by atoms with Gasteiger partial charge in [0.15, 0.2) is 0 Å². The molecule has 0 radical (unpaired) electrons. The monoisotopic (exact) mass is 544 g/mol. The number of aromatic nitrogens is 1. The third-order valence-electron chi connectivity index (χ3n) is 5.86. The van der Waals surface area contributed by atoms with Gasteiger partial charge in [0, 0.05) is 24.9 Å². The molecule has 38 heavy (non-hydrogen) atoms. The highest BCUT2D eigenvalue weighted by Gasteiger charge is 2.20. The molecular formula is C30H28N2O4S2. The number of thiazole rings is 1. The van der Waals surface area contributed by atoms with E-state index < -0.39 is 15.9 Å². The van der Waals surface area contributed by atoms with Crippen molar-refractivity contribution in [3.05, 3.63) is 114 Å². The van der Waals surface area contributed by atoms with Crippen molar-refractivity contribution in [1.82, 2.24) is 0 Å². The number of rotatable bonds is 6. The summed E-state index contributed by atoms with van der Waals surface area (Å²) in [6, 6.07) is 30.9. The molecule has 0 bridgehead atoms. The van der Waals surface area contributed by atoms with Gasteiger partial charge in [0.05, 0.1) is 21.3 Å². The molecule has 6 nitrogen and oxygen atoms in total. The zero-order chi connectivity index (χ0) is 27.1. The van der Waals surface area contributed by atoms with E-state index in [1.807, 2.05) is 42.6 Å². The van der Waals surface area contributed by atoms with E-state index in [-0.39, 0.29) is 5.91 Å². The van der Waals surface area contributed by atoms with Gasteiger partial charge in [0.25, 0.3) is 5.01 Å². The molecule has 0 saturated heterocycles. The summed E-state index contributed by atoms with van der Waals surface area (Å²) in [6.07, 6.45) is 3.91. The van der Waals surface area contributed by atoms with Crippen LogP contribution in [0.1, 0.15) is 24.4 Å². The zero-order valence-corrected chi connectivity index (χ0v) is 22.8. The number of hydrogen-bond donors (Lipinski definition) is 0. The van der Waals surface area contributed by atoms with Crippen LogP contribution in [0.5, 0.6) is 0 Å². The fraction of sp³-hybridized carbons (Fsp3) is 0.133. The Kier molecular flexibility index (Phi) is 8.68. The minimum Gasteiger partial charge on any atom is -0.748 e. The molecule has 8 heteroatoms. The molecule has 0 fully saturated rings. The van der Waals surface area contributed by atoms with E-state index in [2.05, 4.69) is 47.9 Å². The Morgan fingerprint density at radius 3 is 2.18 bits per heavy atom. The summed E-state index contributed by atoms with van der Waals surface area (Å²) in [5, 5.41) is 3.64. The van der Waals surface area contributed by atoms with E-state index in [9.17, 15) is 17.8 Å². The minimum absolute atomic E-state index is 0.00735. The fourth-order valence-corrected chi connectivity index (χ4v) is 5.93. The molecule has 0 aliphatic rings. The number of para-hydroxylation sites is 1. The van der Waals surface area contributed by atoms with Crippen LogP contribution in [0.3, 0.4) is 0 Å². The van der Waals surface area contributed by atoms with Gasteiger partial charge >= 0.3 is 0 Å². The molecule has 0 atom stereocenters. The van der Waals surface area contributed by atoms with Gasteiger partial charge in [-0.3, -0.25) is 9.69 Å². The van der Waals surface area contributed by atoms with Gasteiger partial charge in [-0.05, 0) is 42.1 Å². The zero-order valence-electron chi connectivity index (χ0n) is 21.2. The topological polar surface area (TPSA) is 81.4 Å². The Labute approximate surface area is 226 Å². The molecule has 0 aliphatic carbocycles. The lowest BCUT2D eigenvalue weighted by Gasteiger charge is -2.15. The molecule has 1 heterocycles. The number of amides is 1. The molecule has 1 amide bonds. The van der Waals surface area contributed by atoms with Crippen LogP contribution in [0, 0.1) is 0 Å². The molecule has 0 saturated carbocycles. The second kappa shape index (κ2) is 12.1. The second-order valence-electron chi connectivity index (χ2n) is 8.55. The van der Waals surface area contributed by atoms with E-state index in [4.69, 9.17) is 0 Å². The Morgan fingerprint density at radius 2 is 1.55 bits per heavy atom. The molecule has 0 N–H and O–H groups in total. The molecule has 0 unspecified atom stereocenters. The first kappa shape index (κ1) is 27.2. The van der Waals surface area contributed by atoms with Crippen LogP contribution >= 0.6 is 11.3 Å². The molecule has 5 rings (SSSR count). The minimum atomic E-state index is -4.13. The predicted molar refractivity (Wildman–Crippen MR) is 154 cm³/mol. The van der Waals surface area contributed by atoms with Crippen molar-refractivity contribution in [2.75, 3.05) is 4.90 Å². The van der Waals surface area contributed by atoms with Crippen molar-refractivity contribution in [1.29, 1.82) is 0 Å². The van der Waals surface area contributed by atoms with Gasteiger partial charge in [-0.1, -0.05) is 84.1 Å². The highest BCUT2D eigenvalue weighted by molar-refractivity contribution is 7.84. The van der Waals surface area contributed by atoms with Crippen molar-refractivity contribution < 1.29 is 22.3 Å². The van der Waals surface area contributed by atoms with Crippen molar-refractivity contribution in [3.8, 4) is 0 Å². The summed E-state index contributed by atoms with van der Waals surface area (Å²) in [5.74, 6) is -0.430. The normalized spacial score (nSPS) is 11.4. The number of aryl methyl sites for hydroxylation is 1. The SMILES string of the molecule is CC[n+]1c(/C=C/N(C(C)=O)c2ccccc2)sc2ccc3ccccc3c21.O=S(=O)([O-])Cc1ccccc1. The number of carbonyl (C=O) groups excluding carboxylic acids is 1. The molecule has 1 aromatic heterocycles. The third kappa shape index (κ3) is 6.72. The molecule has 5 aromatic rings.